The van der Waals surface area contributed by atoms with Crippen LogP contribution in [0.25, 0.3) is 0 Å². The fourth-order valence-corrected chi connectivity index (χ4v) is 2.71. The molecule has 19 heavy (non-hydrogen) atoms. The molecule has 0 bridgehead atoms. The van der Waals surface area contributed by atoms with E-state index in [9.17, 15) is 10.5 Å². The van der Waals surface area contributed by atoms with Gasteiger partial charge in [0.2, 0.25) is 0 Å². The lowest BCUT2D eigenvalue weighted by Crippen LogP contribution is -2.38. The second-order valence-corrected chi connectivity index (χ2v) is 5.01. The maximum Gasteiger partial charge on any atom is 0.145 e. The third-order valence-corrected chi connectivity index (χ3v) is 3.83. The molecular weight excluding hydrogens is 240 g/mol. The molecule has 1 aromatic carbocycles. The van der Waals surface area contributed by atoms with Gasteiger partial charge < -0.3 is 4.74 Å². The van der Waals surface area contributed by atoms with E-state index in [1.807, 2.05) is 0 Å². The Labute approximate surface area is 114 Å². The van der Waals surface area contributed by atoms with Crippen molar-refractivity contribution in [3.63, 3.8) is 0 Å². The molecule has 4 nitrogen and oxygen atoms in total. The quantitative estimate of drug-likeness (QED) is 0.843. The SMILES string of the molecule is COc1ccc(N(O)C(C#N)C2CCCCC2)cc1. The van der Waals surface area contributed by atoms with E-state index in [2.05, 4.69) is 6.07 Å². The molecule has 102 valence electrons. The fraction of sp³-hybridized carbons (Fsp3) is 0.533. The van der Waals surface area contributed by atoms with Crippen LogP contribution in [0.4, 0.5) is 5.69 Å². The van der Waals surface area contributed by atoms with Crippen molar-refractivity contribution in [3.8, 4) is 11.8 Å². The second-order valence-electron chi connectivity index (χ2n) is 5.01. The van der Waals surface area contributed by atoms with Crippen LogP contribution in [0.3, 0.4) is 0 Å². The second kappa shape index (κ2) is 6.44. The van der Waals surface area contributed by atoms with Crippen LogP contribution < -0.4 is 9.80 Å². The Hall–Kier alpha value is -1.73. The first-order valence-corrected chi connectivity index (χ1v) is 6.78. The highest BCUT2D eigenvalue weighted by molar-refractivity contribution is 5.48. The van der Waals surface area contributed by atoms with Crippen molar-refractivity contribution in [2.24, 2.45) is 5.92 Å². The summed E-state index contributed by atoms with van der Waals surface area (Å²) in [6.45, 7) is 0. The van der Waals surface area contributed by atoms with Crippen LogP contribution in [-0.2, 0) is 0 Å². The Kier molecular flexibility index (Phi) is 4.64. The molecular formula is C15H20N2O2. The van der Waals surface area contributed by atoms with Crippen molar-refractivity contribution < 1.29 is 9.94 Å². The van der Waals surface area contributed by atoms with Crippen molar-refractivity contribution in [2.45, 2.75) is 38.1 Å². The summed E-state index contributed by atoms with van der Waals surface area (Å²) in [5.41, 5.74) is 0.637. The zero-order valence-corrected chi connectivity index (χ0v) is 11.2. The van der Waals surface area contributed by atoms with E-state index in [0.29, 0.717) is 5.69 Å². The van der Waals surface area contributed by atoms with Gasteiger partial charge in [0.25, 0.3) is 0 Å². The van der Waals surface area contributed by atoms with Gasteiger partial charge >= 0.3 is 0 Å². The van der Waals surface area contributed by atoms with Crippen LogP contribution in [0.15, 0.2) is 24.3 Å². The largest absolute Gasteiger partial charge is 0.497 e. The molecule has 1 unspecified atom stereocenters. The highest BCUT2D eigenvalue weighted by atomic mass is 16.5. The summed E-state index contributed by atoms with van der Waals surface area (Å²) < 4.78 is 5.09. The van der Waals surface area contributed by atoms with Crippen molar-refractivity contribution in [2.75, 3.05) is 12.2 Å². The minimum absolute atomic E-state index is 0.255. The molecule has 0 aliphatic heterocycles. The summed E-state index contributed by atoms with van der Waals surface area (Å²) in [5.74, 6) is 0.995. The first-order chi connectivity index (χ1) is 9.26. The molecule has 0 aromatic heterocycles. The zero-order chi connectivity index (χ0) is 13.7. The number of nitrogens with zero attached hydrogens (tertiary/aromatic N) is 2. The van der Waals surface area contributed by atoms with Crippen molar-refractivity contribution in [3.05, 3.63) is 24.3 Å². The summed E-state index contributed by atoms with van der Waals surface area (Å²) in [7, 11) is 1.60. The van der Waals surface area contributed by atoms with Crippen molar-refractivity contribution >= 4 is 5.69 Å². The molecule has 1 aliphatic rings. The van der Waals surface area contributed by atoms with Gasteiger partial charge in [-0.2, -0.15) is 5.26 Å². The zero-order valence-electron chi connectivity index (χ0n) is 11.2. The van der Waals surface area contributed by atoms with Crippen LogP contribution in [0.5, 0.6) is 5.75 Å². The number of ether oxygens (including phenoxy) is 1. The van der Waals surface area contributed by atoms with Crippen LogP contribution in [0, 0.1) is 17.2 Å². The lowest BCUT2D eigenvalue weighted by Gasteiger charge is -2.31. The molecule has 0 radical (unpaired) electrons. The third kappa shape index (κ3) is 3.18. The number of hydrogen-bond donors (Lipinski definition) is 1. The van der Waals surface area contributed by atoms with Crippen molar-refractivity contribution in [1.82, 2.24) is 0 Å². The first-order valence-electron chi connectivity index (χ1n) is 6.78. The Balaban J connectivity index is 2.10. The molecule has 0 heterocycles. The molecule has 1 aliphatic carbocycles. The van der Waals surface area contributed by atoms with E-state index < -0.39 is 6.04 Å². The highest BCUT2D eigenvalue weighted by Crippen LogP contribution is 2.30. The molecule has 1 aromatic rings. The summed E-state index contributed by atoms with van der Waals surface area (Å²) >= 11 is 0. The summed E-state index contributed by atoms with van der Waals surface area (Å²) in [6, 6.07) is 8.89. The van der Waals surface area contributed by atoms with Gasteiger partial charge in [-0.15, -0.1) is 0 Å². The summed E-state index contributed by atoms with van der Waals surface area (Å²) in [5, 5.41) is 20.7. The predicted molar refractivity (Wildman–Crippen MR) is 73.2 cm³/mol. The normalized spacial score (nSPS) is 17.5. The molecule has 0 saturated heterocycles. The number of methoxy groups -OCH3 is 1. The maximum atomic E-state index is 10.3. The summed E-state index contributed by atoms with van der Waals surface area (Å²) in [4.78, 5) is 0. The van der Waals surface area contributed by atoms with Crippen LogP contribution in [0.2, 0.25) is 0 Å². The van der Waals surface area contributed by atoms with E-state index in [1.54, 1.807) is 31.4 Å². The Morgan fingerprint density at radius 1 is 1.26 bits per heavy atom. The van der Waals surface area contributed by atoms with Crippen LogP contribution in [-0.4, -0.2) is 18.4 Å². The van der Waals surface area contributed by atoms with Crippen molar-refractivity contribution in [1.29, 1.82) is 5.26 Å². The van der Waals surface area contributed by atoms with E-state index in [1.165, 1.54) is 6.42 Å². The first kappa shape index (κ1) is 13.7. The van der Waals surface area contributed by atoms with E-state index in [0.717, 1.165) is 36.5 Å². The molecule has 1 fully saturated rings. The fourth-order valence-electron chi connectivity index (χ4n) is 2.71. The standard InChI is InChI=1S/C15H20N2O2/c1-19-14-9-7-13(8-10-14)17(18)15(11-16)12-5-3-2-4-6-12/h7-10,12,15,18H,2-6H2,1H3. The molecule has 2 rings (SSSR count). The van der Waals surface area contributed by atoms with Gasteiger partial charge in [-0.05, 0) is 43.0 Å². The third-order valence-electron chi connectivity index (χ3n) is 3.83. The van der Waals surface area contributed by atoms with Gasteiger partial charge in [-0.3, -0.25) is 5.21 Å². The van der Waals surface area contributed by atoms with E-state index in [-0.39, 0.29) is 5.92 Å². The van der Waals surface area contributed by atoms with E-state index in [4.69, 9.17) is 4.74 Å². The number of rotatable bonds is 4. The molecule has 1 N–H and O–H groups in total. The van der Waals surface area contributed by atoms with E-state index >= 15 is 0 Å². The predicted octanol–water partition coefficient (Wildman–Crippen LogP) is 3.36. The lowest BCUT2D eigenvalue weighted by molar-refractivity contribution is 0.185. The maximum absolute atomic E-state index is 10.3. The number of hydroxylamine groups is 1. The van der Waals surface area contributed by atoms with Gasteiger partial charge in [-0.1, -0.05) is 19.3 Å². The van der Waals surface area contributed by atoms with Gasteiger partial charge in [0.05, 0.1) is 18.9 Å². The molecule has 4 heteroatoms. The minimum Gasteiger partial charge on any atom is -0.497 e. The van der Waals surface area contributed by atoms with Gasteiger partial charge in [0, 0.05) is 0 Å². The minimum atomic E-state index is -0.464. The van der Waals surface area contributed by atoms with Gasteiger partial charge in [-0.25, -0.2) is 5.06 Å². The lowest BCUT2D eigenvalue weighted by atomic mass is 9.84. The molecule has 0 spiro atoms. The summed E-state index contributed by atoms with van der Waals surface area (Å²) in [6.07, 6.45) is 5.58. The van der Waals surface area contributed by atoms with Crippen LogP contribution >= 0.6 is 0 Å². The van der Waals surface area contributed by atoms with Gasteiger partial charge in [0.15, 0.2) is 0 Å². The highest BCUT2D eigenvalue weighted by Gasteiger charge is 2.28. The number of nitriles is 1. The Morgan fingerprint density at radius 2 is 1.89 bits per heavy atom. The number of anilines is 1. The molecule has 1 atom stereocenters. The molecule has 0 amide bonds. The number of benzene rings is 1. The topological polar surface area (TPSA) is 56.5 Å². The van der Waals surface area contributed by atoms with Gasteiger partial charge in [0.1, 0.15) is 11.8 Å². The molecule has 1 saturated carbocycles. The smallest absolute Gasteiger partial charge is 0.145 e. The average Bonchev–Trinajstić information content (AvgIpc) is 2.49. The Morgan fingerprint density at radius 3 is 2.42 bits per heavy atom. The monoisotopic (exact) mass is 260 g/mol. The Bertz CT molecular complexity index is 432. The average molecular weight is 260 g/mol. The van der Waals surface area contributed by atoms with Crippen LogP contribution in [0.1, 0.15) is 32.1 Å². The number of hydrogen-bond acceptors (Lipinski definition) is 4.